The normalized spacial score (nSPS) is 13.5. The summed E-state index contributed by atoms with van der Waals surface area (Å²) in [5.74, 6) is 1.08. The highest BCUT2D eigenvalue weighted by atomic mass is 16.5. The maximum absolute atomic E-state index is 10.5. The Morgan fingerprint density at radius 2 is 1.25 bits per heavy atom. The number of ether oxygens (including phenoxy) is 1. The van der Waals surface area contributed by atoms with E-state index >= 15 is 0 Å². The standard InChI is InChI=1S/C29H26O3/c1-19-17-22(18-20(2)28(19)31)29(21-11-13-23(14-12-21)32-16-15-30)26-9-5-3-7-24(26)25-8-4-6-10-27(25)29/h3-14,17-18,30-31H,15-16H2,1-2H3. The van der Waals surface area contributed by atoms with Gasteiger partial charge in [0.1, 0.15) is 18.1 Å². The fraction of sp³-hybridized carbons (Fsp3) is 0.172. The second-order valence-corrected chi connectivity index (χ2v) is 8.40. The molecule has 0 heterocycles. The van der Waals surface area contributed by atoms with Crippen LogP contribution in [0.25, 0.3) is 11.1 Å². The van der Waals surface area contributed by atoms with Crippen LogP contribution in [0.3, 0.4) is 0 Å². The zero-order valence-electron chi connectivity index (χ0n) is 18.3. The van der Waals surface area contributed by atoms with Crippen molar-refractivity contribution in [3.05, 3.63) is 118 Å². The molecule has 4 aromatic rings. The molecule has 160 valence electrons. The molecular weight excluding hydrogens is 396 g/mol. The van der Waals surface area contributed by atoms with Crippen LogP contribution in [-0.4, -0.2) is 23.4 Å². The molecule has 1 aliphatic carbocycles. The van der Waals surface area contributed by atoms with Gasteiger partial charge < -0.3 is 14.9 Å². The van der Waals surface area contributed by atoms with E-state index in [1.807, 2.05) is 26.0 Å². The van der Waals surface area contributed by atoms with Gasteiger partial charge in [-0.1, -0.05) is 72.8 Å². The Balaban J connectivity index is 1.84. The van der Waals surface area contributed by atoms with Gasteiger partial charge in [0.05, 0.1) is 12.0 Å². The van der Waals surface area contributed by atoms with Crippen molar-refractivity contribution in [1.82, 2.24) is 0 Å². The predicted octanol–water partition coefficient (Wildman–Crippen LogP) is 5.74. The highest BCUT2D eigenvalue weighted by molar-refractivity contribution is 5.86. The molecule has 0 amide bonds. The SMILES string of the molecule is Cc1cc(C2(c3ccc(OCCO)cc3)c3ccccc3-c3ccccc32)cc(C)c1O. The number of hydrogen-bond donors (Lipinski definition) is 2. The summed E-state index contributed by atoms with van der Waals surface area (Å²) >= 11 is 0. The smallest absolute Gasteiger partial charge is 0.121 e. The first-order valence-corrected chi connectivity index (χ1v) is 10.9. The Morgan fingerprint density at radius 3 is 1.78 bits per heavy atom. The molecular formula is C29H26O3. The molecule has 4 aromatic carbocycles. The van der Waals surface area contributed by atoms with Crippen LogP contribution in [0.5, 0.6) is 11.5 Å². The molecule has 0 saturated carbocycles. The van der Waals surface area contributed by atoms with E-state index < -0.39 is 5.41 Å². The summed E-state index contributed by atoms with van der Waals surface area (Å²) in [5.41, 5.74) is 8.41. The number of aliphatic hydroxyl groups is 1. The van der Waals surface area contributed by atoms with Gasteiger partial charge in [0.2, 0.25) is 0 Å². The zero-order chi connectivity index (χ0) is 22.3. The minimum absolute atomic E-state index is 0.0154. The predicted molar refractivity (Wildman–Crippen MR) is 127 cm³/mol. The molecule has 0 bridgehead atoms. The zero-order valence-corrected chi connectivity index (χ0v) is 18.3. The Morgan fingerprint density at radius 1 is 0.719 bits per heavy atom. The number of phenolic OH excluding ortho intramolecular Hbond substituents is 1. The molecule has 5 rings (SSSR count). The molecule has 0 aromatic heterocycles. The highest BCUT2D eigenvalue weighted by Crippen LogP contribution is 2.56. The third kappa shape index (κ3) is 2.93. The van der Waals surface area contributed by atoms with Gasteiger partial charge in [-0.05, 0) is 70.5 Å². The molecule has 0 spiro atoms. The number of aromatic hydroxyl groups is 1. The molecule has 32 heavy (non-hydrogen) atoms. The van der Waals surface area contributed by atoms with E-state index in [1.54, 1.807) is 0 Å². The van der Waals surface area contributed by atoms with Gasteiger partial charge >= 0.3 is 0 Å². The lowest BCUT2D eigenvalue weighted by Crippen LogP contribution is -2.28. The average molecular weight is 423 g/mol. The Kier molecular flexibility index (Phi) is 4.99. The largest absolute Gasteiger partial charge is 0.507 e. The van der Waals surface area contributed by atoms with Crippen molar-refractivity contribution >= 4 is 0 Å². The summed E-state index contributed by atoms with van der Waals surface area (Å²) in [6, 6.07) is 29.6. The third-order valence-corrected chi connectivity index (χ3v) is 6.52. The molecule has 2 N–H and O–H groups in total. The molecule has 0 fully saturated rings. The maximum Gasteiger partial charge on any atom is 0.121 e. The van der Waals surface area contributed by atoms with E-state index in [-0.39, 0.29) is 13.2 Å². The molecule has 0 atom stereocenters. The van der Waals surface area contributed by atoms with Crippen molar-refractivity contribution < 1.29 is 14.9 Å². The number of benzene rings is 4. The van der Waals surface area contributed by atoms with Crippen LogP contribution in [0.4, 0.5) is 0 Å². The van der Waals surface area contributed by atoms with Crippen molar-refractivity contribution in [3.63, 3.8) is 0 Å². The number of aryl methyl sites for hydroxylation is 2. The minimum atomic E-state index is -0.508. The quantitative estimate of drug-likeness (QED) is 0.380. The Hall–Kier alpha value is -3.56. The summed E-state index contributed by atoms with van der Waals surface area (Å²) < 4.78 is 5.62. The molecule has 0 aliphatic heterocycles. The van der Waals surface area contributed by atoms with Crippen molar-refractivity contribution in [2.24, 2.45) is 0 Å². The minimum Gasteiger partial charge on any atom is -0.507 e. The highest BCUT2D eigenvalue weighted by Gasteiger charge is 2.46. The molecule has 3 heteroatoms. The summed E-state index contributed by atoms with van der Waals surface area (Å²) in [4.78, 5) is 0. The summed E-state index contributed by atoms with van der Waals surface area (Å²) in [5, 5.41) is 19.6. The summed E-state index contributed by atoms with van der Waals surface area (Å²) in [7, 11) is 0. The topological polar surface area (TPSA) is 49.7 Å². The van der Waals surface area contributed by atoms with Crippen molar-refractivity contribution in [2.45, 2.75) is 19.3 Å². The van der Waals surface area contributed by atoms with Crippen LogP contribution < -0.4 is 4.74 Å². The number of rotatable bonds is 5. The monoisotopic (exact) mass is 422 g/mol. The molecule has 3 nitrogen and oxygen atoms in total. The Bertz CT molecular complexity index is 1220. The van der Waals surface area contributed by atoms with E-state index in [0.29, 0.717) is 5.75 Å². The number of fused-ring (bicyclic) bond motifs is 3. The molecule has 1 aliphatic rings. The maximum atomic E-state index is 10.5. The van der Waals surface area contributed by atoms with E-state index in [1.165, 1.54) is 22.3 Å². The molecule has 0 radical (unpaired) electrons. The Labute approximate surface area is 188 Å². The van der Waals surface area contributed by atoms with E-state index in [2.05, 4.69) is 72.8 Å². The van der Waals surface area contributed by atoms with Crippen molar-refractivity contribution in [2.75, 3.05) is 13.2 Å². The van der Waals surface area contributed by atoms with Crippen molar-refractivity contribution in [3.8, 4) is 22.6 Å². The van der Waals surface area contributed by atoms with Crippen LogP contribution in [0.2, 0.25) is 0 Å². The van der Waals surface area contributed by atoms with Gasteiger partial charge in [-0.25, -0.2) is 0 Å². The van der Waals surface area contributed by atoms with Crippen molar-refractivity contribution in [1.29, 1.82) is 0 Å². The van der Waals surface area contributed by atoms with E-state index in [0.717, 1.165) is 28.0 Å². The second kappa shape index (κ2) is 7.85. The van der Waals surface area contributed by atoms with Gasteiger partial charge in [-0.15, -0.1) is 0 Å². The van der Waals surface area contributed by atoms with Crippen LogP contribution in [0, 0.1) is 13.8 Å². The van der Waals surface area contributed by atoms with Gasteiger partial charge in [0, 0.05) is 0 Å². The van der Waals surface area contributed by atoms with E-state index in [9.17, 15) is 5.11 Å². The van der Waals surface area contributed by atoms with Gasteiger partial charge in [-0.2, -0.15) is 0 Å². The summed E-state index contributed by atoms with van der Waals surface area (Å²) in [6.45, 7) is 4.17. The first-order chi connectivity index (χ1) is 15.6. The lowest BCUT2D eigenvalue weighted by Gasteiger charge is -2.34. The lowest BCUT2D eigenvalue weighted by molar-refractivity contribution is 0.201. The average Bonchev–Trinajstić information content (AvgIpc) is 3.13. The third-order valence-electron chi connectivity index (χ3n) is 6.52. The lowest BCUT2D eigenvalue weighted by atomic mass is 9.67. The van der Waals surface area contributed by atoms with Crippen LogP contribution in [0.15, 0.2) is 84.9 Å². The van der Waals surface area contributed by atoms with E-state index in [4.69, 9.17) is 9.84 Å². The van der Waals surface area contributed by atoms with Gasteiger partial charge in [-0.3, -0.25) is 0 Å². The fourth-order valence-corrected chi connectivity index (χ4v) is 5.16. The number of phenols is 1. The first-order valence-electron chi connectivity index (χ1n) is 10.9. The second-order valence-electron chi connectivity index (χ2n) is 8.40. The fourth-order valence-electron chi connectivity index (χ4n) is 5.16. The van der Waals surface area contributed by atoms with Crippen LogP contribution >= 0.6 is 0 Å². The molecule has 0 saturated heterocycles. The number of aliphatic hydroxyl groups excluding tert-OH is 1. The molecule has 0 unspecified atom stereocenters. The van der Waals surface area contributed by atoms with Crippen LogP contribution in [0.1, 0.15) is 33.4 Å². The first kappa shape index (κ1) is 20.3. The number of hydrogen-bond acceptors (Lipinski definition) is 3. The van der Waals surface area contributed by atoms with Gasteiger partial charge in [0.15, 0.2) is 0 Å². The van der Waals surface area contributed by atoms with Gasteiger partial charge in [0.25, 0.3) is 0 Å². The summed E-state index contributed by atoms with van der Waals surface area (Å²) in [6.07, 6.45) is 0. The van der Waals surface area contributed by atoms with Crippen LogP contribution in [-0.2, 0) is 5.41 Å².